The van der Waals surface area contributed by atoms with E-state index in [-0.39, 0.29) is 0 Å². The van der Waals surface area contributed by atoms with Crippen LogP contribution in [-0.4, -0.2) is 30.1 Å². The molecule has 0 radical (unpaired) electrons. The van der Waals surface area contributed by atoms with Gasteiger partial charge in [-0.3, -0.25) is 4.90 Å². The average Bonchev–Trinajstić information content (AvgIpc) is 2.62. The van der Waals surface area contributed by atoms with Gasteiger partial charge in [0.15, 0.2) is 0 Å². The SMILES string of the molecule is CCNC1(C)CCN(Cc2ccccc2)C1. The second kappa shape index (κ2) is 4.98. The van der Waals surface area contributed by atoms with Crippen molar-refractivity contribution in [1.29, 1.82) is 0 Å². The number of likely N-dealkylation sites (tertiary alicyclic amines) is 1. The van der Waals surface area contributed by atoms with E-state index in [4.69, 9.17) is 0 Å². The van der Waals surface area contributed by atoms with E-state index in [1.807, 2.05) is 0 Å². The zero-order valence-electron chi connectivity index (χ0n) is 10.4. The molecule has 1 aliphatic rings. The molecule has 0 aliphatic carbocycles. The second-order valence-corrected chi connectivity index (χ2v) is 5.04. The summed E-state index contributed by atoms with van der Waals surface area (Å²) < 4.78 is 0. The Hall–Kier alpha value is -0.860. The van der Waals surface area contributed by atoms with E-state index in [0.29, 0.717) is 5.54 Å². The van der Waals surface area contributed by atoms with Crippen LogP contribution in [0.4, 0.5) is 0 Å². The standard InChI is InChI=1S/C14H22N2/c1-3-15-14(2)9-10-16(12-14)11-13-7-5-4-6-8-13/h4-8,15H,3,9-12H2,1-2H3. The summed E-state index contributed by atoms with van der Waals surface area (Å²) in [6.07, 6.45) is 1.26. The Kier molecular flexibility index (Phi) is 3.62. The van der Waals surface area contributed by atoms with E-state index in [2.05, 4.69) is 54.4 Å². The van der Waals surface area contributed by atoms with Crippen LogP contribution in [0.3, 0.4) is 0 Å². The molecule has 2 rings (SSSR count). The van der Waals surface area contributed by atoms with Crippen molar-refractivity contribution < 1.29 is 0 Å². The maximum atomic E-state index is 3.59. The van der Waals surface area contributed by atoms with E-state index < -0.39 is 0 Å². The summed E-state index contributed by atoms with van der Waals surface area (Å²) in [5.74, 6) is 0. The van der Waals surface area contributed by atoms with Gasteiger partial charge in [-0.25, -0.2) is 0 Å². The molecule has 1 unspecified atom stereocenters. The highest BCUT2D eigenvalue weighted by Crippen LogP contribution is 2.22. The molecular weight excluding hydrogens is 196 g/mol. The van der Waals surface area contributed by atoms with Gasteiger partial charge in [-0.05, 0) is 25.5 Å². The summed E-state index contributed by atoms with van der Waals surface area (Å²) in [6, 6.07) is 10.7. The minimum atomic E-state index is 0.323. The first-order chi connectivity index (χ1) is 7.72. The van der Waals surface area contributed by atoms with E-state index in [0.717, 1.165) is 19.6 Å². The second-order valence-electron chi connectivity index (χ2n) is 5.04. The fraction of sp³-hybridized carbons (Fsp3) is 0.571. The van der Waals surface area contributed by atoms with Gasteiger partial charge < -0.3 is 5.32 Å². The Balaban J connectivity index is 1.90. The lowest BCUT2D eigenvalue weighted by Crippen LogP contribution is -2.44. The zero-order chi connectivity index (χ0) is 11.4. The van der Waals surface area contributed by atoms with Crippen LogP contribution < -0.4 is 5.32 Å². The highest BCUT2D eigenvalue weighted by molar-refractivity contribution is 5.15. The molecule has 1 saturated heterocycles. The molecule has 2 nitrogen and oxygen atoms in total. The summed E-state index contributed by atoms with van der Waals surface area (Å²) in [6.45, 7) is 9.04. The van der Waals surface area contributed by atoms with Gasteiger partial charge in [0.1, 0.15) is 0 Å². The molecule has 1 aliphatic heterocycles. The Morgan fingerprint density at radius 3 is 2.75 bits per heavy atom. The Morgan fingerprint density at radius 2 is 2.06 bits per heavy atom. The molecule has 1 fully saturated rings. The first kappa shape index (κ1) is 11.6. The quantitative estimate of drug-likeness (QED) is 0.834. The molecular formula is C14H22N2. The van der Waals surface area contributed by atoms with Gasteiger partial charge in [-0.15, -0.1) is 0 Å². The summed E-state index contributed by atoms with van der Waals surface area (Å²) >= 11 is 0. The number of nitrogens with zero attached hydrogens (tertiary/aromatic N) is 1. The number of rotatable bonds is 4. The lowest BCUT2D eigenvalue weighted by Gasteiger charge is -2.25. The van der Waals surface area contributed by atoms with Crippen molar-refractivity contribution in [3.05, 3.63) is 35.9 Å². The van der Waals surface area contributed by atoms with E-state index in [1.54, 1.807) is 0 Å². The van der Waals surface area contributed by atoms with Crippen molar-refractivity contribution in [2.24, 2.45) is 0 Å². The first-order valence-electron chi connectivity index (χ1n) is 6.23. The minimum Gasteiger partial charge on any atom is -0.310 e. The highest BCUT2D eigenvalue weighted by Gasteiger charge is 2.32. The highest BCUT2D eigenvalue weighted by atomic mass is 15.2. The summed E-state index contributed by atoms with van der Waals surface area (Å²) in [5, 5.41) is 3.59. The molecule has 88 valence electrons. The summed E-state index contributed by atoms with van der Waals surface area (Å²) in [4.78, 5) is 2.54. The van der Waals surface area contributed by atoms with Crippen LogP contribution in [0.15, 0.2) is 30.3 Å². The molecule has 1 aromatic carbocycles. The lowest BCUT2D eigenvalue weighted by molar-refractivity contribution is 0.289. The Morgan fingerprint density at radius 1 is 1.31 bits per heavy atom. The van der Waals surface area contributed by atoms with Gasteiger partial charge in [0.25, 0.3) is 0 Å². The van der Waals surface area contributed by atoms with E-state index >= 15 is 0 Å². The molecule has 2 heteroatoms. The maximum Gasteiger partial charge on any atom is 0.0292 e. The van der Waals surface area contributed by atoms with Crippen LogP contribution in [0, 0.1) is 0 Å². The Bertz CT molecular complexity index is 323. The predicted molar refractivity (Wildman–Crippen MR) is 68.4 cm³/mol. The average molecular weight is 218 g/mol. The van der Waals surface area contributed by atoms with Crippen LogP contribution in [0.5, 0.6) is 0 Å². The predicted octanol–water partition coefficient (Wildman–Crippen LogP) is 2.26. The fourth-order valence-corrected chi connectivity index (χ4v) is 2.60. The van der Waals surface area contributed by atoms with Crippen molar-refractivity contribution in [2.45, 2.75) is 32.4 Å². The number of likely N-dealkylation sites (N-methyl/N-ethyl adjacent to an activating group) is 1. The zero-order valence-corrected chi connectivity index (χ0v) is 10.4. The van der Waals surface area contributed by atoms with Crippen molar-refractivity contribution >= 4 is 0 Å². The van der Waals surface area contributed by atoms with Crippen molar-refractivity contribution in [3.8, 4) is 0 Å². The third kappa shape index (κ3) is 2.83. The minimum absolute atomic E-state index is 0.323. The van der Waals surface area contributed by atoms with Gasteiger partial charge >= 0.3 is 0 Å². The van der Waals surface area contributed by atoms with Crippen LogP contribution in [-0.2, 0) is 6.54 Å². The number of hydrogen-bond acceptors (Lipinski definition) is 2. The molecule has 16 heavy (non-hydrogen) atoms. The molecule has 0 amide bonds. The topological polar surface area (TPSA) is 15.3 Å². The van der Waals surface area contributed by atoms with Crippen LogP contribution >= 0.6 is 0 Å². The maximum absolute atomic E-state index is 3.59. The lowest BCUT2D eigenvalue weighted by atomic mass is 10.0. The van der Waals surface area contributed by atoms with Crippen LogP contribution in [0.1, 0.15) is 25.8 Å². The van der Waals surface area contributed by atoms with Gasteiger partial charge in [0.05, 0.1) is 0 Å². The largest absolute Gasteiger partial charge is 0.310 e. The number of hydrogen-bond donors (Lipinski definition) is 1. The van der Waals surface area contributed by atoms with E-state index in [9.17, 15) is 0 Å². The van der Waals surface area contributed by atoms with Crippen molar-refractivity contribution in [2.75, 3.05) is 19.6 Å². The molecule has 1 heterocycles. The molecule has 0 aromatic heterocycles. The van der Waals surface area contributed by atoms with Gasteiger partial charge in [0, 0.05) is 25.2 Å². The van der Waals surface area contributed by atoms with Gasteiger partial charge in [-0.2, -0.15) is 0 Å². The van der Waals surface area contributed by atoms with Gasteiger partial charge in [-0.1, -0.05) is 37.3 Å². The van der Waals surface area contributed by atoms with Crippen LogP contribution in [0.25, 0.3) is 0 Å². The third-order valence-electron chi connectivity index (χ3n) is 3.40. The molecule has 1 atom stereocenters. The van der Waals surface area contributed by atoms with Gasteiger partial charge in [0.2, 0.25) is 0 Å². The smallest absolute Gasteiger partial charge is 0.0292 e. The molecule has 0 spiro atoms. The fourth-order valence-electron chi connectivity index (χ4n) is 2.60. The van der Waals surface area contributed by atoms with E-state index in [1.165, 1.54) is 18.5 Å². The van der Waals surface area contributed by atoms with Crippen molar-refractivity contribution in [3.63, 3.8) is 0 Å². The third-order valence-corrected chi connectivity index (χ3v) is 3.40. The summed E-state index contributed by atoms with van der Waals surface area (Å²) in [7, 11) is 0. The molecule has 0 saturated carbocycles. The summed E-state index contributed by atoms with van der Waals surface area (Å²) in [5.41, 5.74) is 1.74. The molecule has 1 N–H and O–H groups in total. The normalized spacial score (nSPS) is 26.1. The molecule has 0 bridgehead atoms. The number of benzene rings is 1. The van der Waals surface area contributed by atoms with Crippen LogP contribution in [0.2, 0.25) is 0 Å². The van der Waals surface area contributed by atoms with Crippen molar-refractivity contribution in [1.82, 2.24) is 10.2 Å². The Labute approximate surface area is 98.7 Å². The number of nitrogens with one attached hydrogen (secondary N) is 1. The molecule has 1 aromatic rings. The monoisotopic (exact) mass is 218 g/mol. The first-order valence-corrected chi connectivity index (χ1v) is 6.23.